The molecule has 0 aromatic carbocycles. The molecule has 6 unspecified atom stereocenters. The van der Waals surface area contributed by atoms with E-state index in [0.717, 1.165) is 30.7 Å². The number of cyclic esters (lactones) is 1. The molecular formula is C27H40ClNO6S. The number of Topliss-reactive ketones (excluding diaryl/α,β-unsaturated/α-hetero) is 1. The molecule has 0 bridgehead atoms. The number of aliphatic hydroxyl groups excluding tert-OH is 1. The highest BCUT2D eigenvalue weighted by atomic mass is 35.5. The van der Waals surface area contributed by atoms with Crippen LogP contribution in [0.3, 0.4) is 0 Å². The van der Waals surface area contributed by atoms with Crippen molar-refractivity contribution in [3.63, 3.8) is 0 Å². The van der Waals surface area contributed by atoms with Crippen LogP contribution in [-0.4, -0.2) is 50.5 Å². The molecular weight excluding hydrogens is 502 g/mol. The van der Waals surface area contributed by atoms with Crippen LogP contribution in [0, 0.1) is 24.2 Å². The first-order valence-corrected chi connectivity index (χ1v) is 14.1. The maximum atomic E-state index is 13.3. The Balaban J connectivity index is 1.90. The molecule has 3 heterocycles. The quantitative estimate of drug-likeness (QED) is 0.390. The van der Waals surface area contributed by atoms with Crippen LogP contribution in [0.2, 0.25) is 0 Å². The number of esters is 1. The Bertz CT molecular complexity index is 993. The highest BCUT2D eigenvalue weighted by molar-refractivity contribution is 7.09. The van der Waals surface area contributed by atoms with E-state index in [1.807, 2.05) is 27.7 Å². The minimum absolute atomic E-state index is 0.0233. The standard InChI is InChI=1S/C27H40ClNO6S/c1-7-18-13-16(2)9-8-11-26(6)27(33,35-26)24(32)22(20(28)14-19-15-36-17(3)29-19)34-21(30)10-12-25(4,5)23(18)31/h14-16,18,22,24,32-33H,7-13H2,1-6H3. The van der Waals surface area contributed by atoms with Gasteiger partial charge >= 0.3 is 5.97 Å². The summed E-state index contributed by atoms with van der Waals surface area (Å²) in [6.07, 6.45) is 2.54. The molecule has 2 aliphatic rings. The Morgan fingerprint density at radius 3 is 2.61 bits per heavy atom. The van der Waals surface area contributed by atoms with Crippen molar-refractivity contribution in [2.75, 3.05) is 0 Å². The van der Waals surface area contributed by atoms with Crippen molar-refractivity contribution >= 4 is 40.8 Å². The summed E-state index contributed by atoms with van der Waals surface area (Å²) in [5, 5.41) is 25.1. The van der Waals surface area contributed by atoms with E-state index < -0.39 is 35.0 Å². The topological polar surface area (TPSA) is 109 Å². The molecule has 36 heavy (non-hydrogen) atoms. The van der Waals surface area contributed by atoms with Crippen molar-refractivity contribution in [1.29, 1.82) is 0 Å². The lowest BCUT2D eigenvalue weighted by Gasteiger charge is -2.30. The van der Waals surface area contributed by atoms with Gasteiger partial charge in [-0.25, -0.2) is 4.98 Å². The highest BCUT2D eigenvalue weighted by Gasteiger charge is 2.72. The minimum Gasteiger partial charge on any atom is -0.454 e. The van der Waals surface area contributed by atoms with E-state index in [-0.39, 0.29) is 23.2 Å². The number of aryl methyl sites for hydroxylation is 1. The second-order valence-corrected chi connectivity index (χ2v) is 12.8. The first-order chi connectivity index (χ1) is 16.7. The number of epoxide rings is 1. The van der Waals surface area contributed by atoms with Gasteiger partial charge < -0.3 is 19.7 Å². The summed E-state index contributed by atoms with van der Waals surface area (Å²) < 4.78 is 11.3. The molecule has 0 radical (unpaired) electrons. The van der Waals surface area contributed by atoms with Gasteiger partial charge in [-0.1, -0.05) is 52.1 Å². The van der Waals surface area contributed by atoms with Gasteiger partial charge in [-0.2, -0.15) is 0 Å². The lowest BCUT2D eigenvalue weighted by Crippen LogP contribution is -2.46. The molecule has 7 nitrogen and oxygen atoms in total. The summed E-state index contributed by atoms with van der Waals surface area (Å²) in [5.74, 6) is -2.10. The van der Waals surface area contributed by atoms with Crippen LogP contribution in [0.4, 0.5) is 0 Å². The Morgan fingerprint density at radius 2 is 2.00 bits per heavy atom. The summed E-state index contributed by atoms with van der Waals surface area (Å²) in [6, 6.07) is 0. The van der Waals surface area contributed by atoms with Gasteiger partial charge in [-0.05, 0) is 51.5 Å². The number of thiazole rings is 1. The fraction of sp³-hybridized carbons (Fsp3) is 0.741. The van der Waals surface area contributed by atoms with Crippen molar-refractivity contribution in [3.05, 3.63) is 21.1 Å². The normalized spacial score (nSPS) is 36.8. The fourth-order valence-electron chi connectivity index (χ4n) is 5.21. The molecule has 0 saturated carbocycles. The zero-order valence-corrected chi connectivity index (χ0v) is 23.7. The molecule has 9 heteroatoms. The lowest BCUT2D eigenvalue weighted by atomic mass is 9.74. The molecule has 1 aromatic rings. The number of carbonyl (C=O) groups excluding carboxylic acids is 2. The fourth-order valence-corrected chi connectivity index (χ4v) is 6.06. The average molecular weight is 542 g/mol. The van der Waals surface area contributed by atoms with Gasteiger partial charge in [0.2, 0.25) is 5.79 Å². The second kappa shape index (κ2) is 11.2. The predicted molar refractivity (Wildman–Crippen MR) is 140 cm³/mol. The second-order valence-electron chi connectivity index (χ2n) is 11.3. The van der Waals surface area contributed by atoms with Crippen LogP contribution >= 0.6 is 22.9 Å². The van der Waals surface area contributed by atoms with Crippen LogP contribution in [0.15, 0.2) is 10.4 Å². The predicted octanol–water partition coefficient (Wildman–Crippen LogP) is 5.39. The zero-order chi connectivity index (χ0) is 26.9. The van der Waals surface area contributed by atoms with Gasteiger partial charge in [-0.3, -0.25) is 9.59 Å². The number of halogens is 1. The molecule has 1 aromatic heterocycles. The summed E-state index contributed by atoms with van der Waals surface area (Å²) in [6.45, 7) is 11.5. The van der Waals surface area contributed by atoms with Crippen LogP contribution in [0.1, 0.15) is 90.3 Å². The molecule has 3 rings (SSSR count). The molecule has 2 N–H and O–H groups in total. The smallest absolute Gasteiger partial charge is 0.306 e. The maximum absolute atomic E-state index is 13.3. The molecule has 0 amide bonds. The number of hydrogen-bond acceptors (Lipinski definition) is 8. The first kappa shape index (κ1) is 29.2. The van der Waals surface area contributed by atoms with Crippen molar-refractivity contribution < 1.29 is 29.3 Å². The third kappa shape index (κ3) is 6.38. The number of carbonyl (C=O) groups is 2. The monoisotopic (exact) mass is 541 g/mol. The zero-order valence-electron chi connectivity index (χ0n) is 22.2. The number of aromatic nitrogens is 1. The molecule has 6 atom stereocenters. The van der Waals surface area contributed by atoms with Gasteiger partial charge in [0.1, 0.15) is 11.4 Å². The number of fused-ring (bicyclic) bond motifs is 1. The van der Waals surface area contributed by atoms with Crippen LogP contribution in [0.5, 0.6) is 0 Å². The van der Waals surface area contributed by atoms with E-state index in [9.17, 15) is 19.8 Å². The summed E-state index contributed by atoms with van der Waals surface area (Å²) >= 11 is 8.00. The molecule has 2 aliphatic heterocycles. The van der Waals surface area contributed by atoms with E-state index in [4.69, 9.17) is 21.1 Å². The molecule has 2 saturated heterocycles. The number of rotatable bonds is 3. The third-order valence-corrected chi connectivity index (χ3v) is 8.88. The van der Waals surface area contributed by atoms with Gasteiger partial charge in [0.15, 0.2) is 12.2 Å². The number of aliphatic hydroxyl groups is 2. The van der Waals surface area contributed by atoms with Gasteiger partial charge in [-0.15, -0.1) is 11.3 Å². The third-order valence-electron chi connectivity index (χ3n) is 7.76. The Kier molecular flexibility index (Phi) is 9.09. The van der Waals surface area contributed by atoms with E-state index in [0.29, 0.717) is 24.5 Å². The van der Waals surface area contributed by atoms with E-state index in [1.54, 1.807) is 12.3 Å². The first-order valence-electron chi connectivity index (χ1n) is 12.9. The van der Waals surface area contributed by atoms with Gasteiger partial charge in [0, 0.05) is 23.1 Å². The Labute approximate surface area is 223 Å². The maximum Gasteiger partial charge on any atom is 0.306 e. The van der Waals surface area contributed by atoms with Crippen LogP contribution in [0.25, 0.3) is 6.08 Å². The minimum atomic E-state index is -1.90. The van der Waals surface area contributed by atoms with E-state index >= 15 is 0 Å². The highest BCUT2D eigenvalue weighted by Crippen LogP contribution is 2.53. The van der Waals surface area contributed by atoms with Crippen molar-refractivity contribution in [2.24, 2.45) is 17.3 Å². The molecule has 2 fully saturated rings. The largest absolute Gasteiger partial charge is 0.454 e. The number of nitrogens with zero attached hydrogens (tertiary/aromatic N) is 1. The summed E-state index contributed by atoms with van der Waals surface area (Å²) in [4.78, 5) is 30.6. The Morgan fingerprint density at radius 1 is 1.31 bits per heavy atom. The molecule has 202 valence electrons. The number of ether oxygens (including phenoxy) is 2. The summed E-state index contributed by atoms with van der Waals surface area (Å²) in [7, 11) is 0. The molecule has 0 spiro atoms. The van der Waals surface area contributed by atoms with Crippen molar-refractivity contribution in [2.45, 2.75) is 110 Å². The van der Waals surface area contributed by atoms with E-state index in [2.05, 4.69) is 11.9 Å². The van der Waals surface area contributed by atoms with Crippen LogP contribution < -0.4 is 0 Å². The number of ketones is 1. The lowest BCUT2D eigenvalue weighted by molar-refractivity contribution is -0.164. The van der Waals surface area contributed by atoms with Gasteiger partial charge in [0.05, 0.1) is 15.7 Å². The number of hydrogen-bond donors (Lipinski definition) is 2. The van der Waals surface area contributed by atoms with E-state index in [1.165, 1.54) is 17.4 Å². The van der Waals surface area contributed by atoms with Crippen molar-refractivity contribution in [1.82, 2.24) is 4.98 Å². The van der Waals surface area contributed by atoms with Crippen molar-refractivity contribution in [3.8, 4) is 0 Å². The molecule has 0 aliphatic carbocycles. The average Bonchev–Trinajstić information content (AvgIpc) is 3.13. The van der Waals surface area contributed by atoms with Crippen LogP contribution in [-0.2, 0) is 19.1 Å². The SMILES string of the molecule is CCC1CC(C)CCCC2(C)OC2(O)C(O)C(C(Cl)=Cc2csc(C)n2)OC(=O)CCC(C)(C)C1=O. The Hall–Kier alpha value is -1.32. The summed E-state index contributed by atoms with van der Waals surface area (Å²) in [5.41, 5.74) is -1.13. The van der Waals surface area contributed by atoms with Gasteiger partial charge in [0.25, 0.3) is 0 Å².